The standard InChI is InChI=1S/C23H27N3O4S/c1-24(17-8-4-3-5-9-17)20(27)15-25-19-11-12-31-21(19)22(28)26(23(25)29)14-16-7-6-10-18(13-16)30-2/h6-7,10-13,17H,3-5,8-9,14-15H2,1-2H3. The van der Waals surface area contributed by atoms with Crippen molar-refractivity contribution in [2.45, 2.75) is 51.2 Å². The molecule has 164 valence electrons. The SMILES string of the molecule is COc1cccc(Cn2c(=O)c3sccc3n(CC(=O)N(C)C3CCCCC3)c2=O)c1. The monoisotopic (exact) mass is 441 g/mol. The van der Waals surface area contributed by atoms with Gasteiger partial charge in [0.05, 0.1) is 19.2 Å². The van der Waals surface area contributed by atoms with Gasteiger partial charge in [0.15, 0.2) is 0 Å². The van der Waals surface area contributed by atoms with E-state index in [9.17, 15) is 14.4 Å². The number of nitrogens with zero attached hydrogens (tertiary/aromatic N) is 3. The van der Waals surface area contributed by atoms with Crippen LogP contribution in [-0.2, 0) is 17.9 Å². The molecular weight excluding hydrogens is 414 g/mol. The van der Waals surface area contributed by atoms with Crippen molar-refractivity contribution in [3.63, 3.8) is 0 Å². The van der Waals surface area contributed by atoms with Gasteiger partial charge in [-0.15, -0.1) is 11.3 Å². The molecule has 2 aromatic heterocycles. The molecule has 0 N–H and O–H groups in total. The minimum absolute atomic E-state index is 0.0720. The highest BCUT2D eigenvalue weighted by Crippen LogP contribution is 2.22. The largest absolute Gasteiger partial charge is 0.497 e. The predicted molar refractivity (Wildman–Crippen MR) is 122 cm³/mol. The van der Waals surface area contributed by atoms with Gasteiger partial charge in [0.2, 0.25) is 5.91 Å². The number of fused-ring (bicyclic) bond motifs is 1. The van der Waals surface area contributed by atoms with Gasteiger partial charge in [-0.1, -0.05) is 31.4 Å². The molecule has 0 saturated heterocycles. The van der Waals surface area contributed by atoms with Crippen molar-refractivity contribution < 1.29 is 9.53 Å². The van der Waals surface area contributed by atoms with E-state index in [1.54, 1.807) is 29.5 Å². The summed E-state index contributed by atoms with van der Waals surface area (Å²) in [7, 11) is 3.39. The second-order valence-electron chi connectivity index (χ2n) is 8.04. The summed E-state index contributed by atoms with van der Waals surface area (Å²) in [6.07, 6.45) is 5.47. The fourth-order valence-electron chi connectivity index (χ4n) is 4.30. The van der Waals surface area contributed by atoms with E-state index in [0.29, 0.717) is 16.0 Å². The molecule has 1 aliphatic rings. The average Bonchev–Trinajstić information content (AvgIpc) is 3.29. The number of amides is 1. The van der Waals surface area contributed by atoms with Gasteiger partial charge in [-0.25, -0.2) is 4.79 Å². The van der Waals surface area contributed by atoms with Gasteiger partial charge in [0.25, 0.3) is 5.56 Å². The van der Waals surface area contributed by atoms with Gasteiger partial charge < -0.3 is 9.64 Å². The van der Waals surface area contributed by atoms with Gasteiger partial charge in [-0.3, -0.25) is 18.7 Å². The number of carbonyl (C=O) groups is 1. The topological polar surface area (TPSA) is 73.5 Å². The Labute approximate surface area is 184 Å². The number of hydrogen-bond donors (Lipinski definition) is 0. The Morgan fingerprint density at radius 1 is 1.16 bits per heavy atom. The second-order valence-corrected chi connectivity index (χ2v) is 8.96. The van der Waals surface area contributed by atoms with E-state index in [0.717, 1.165) is 31.2 Å². The molecule has 1 saturated carbocycles. The van der Waals surface area contributed by atoms with Gasteiger partial charge in [0, 0.05) is 13.1 Å². The van der Waals surface area contributed by atoms with Crippen molar-refractivity contribution in [1.29, 1.82) is 0 Å². The highest BCUT2D eigenvalue weighted by molar-refractivity contribution is 7.17. The van der Waals surface area contributed by atoms with Crippen LogP contribution in [0.3, 0.4) is 0 Å². The number of aromatic nitrogens is 2. The maximum Gasteiger partial charge on any atom is 0.332 e. The molecular formula is C23H27N3O4S. The van der Waals surface area contributed by atoms with Crippen LogP contribution < -0.4 is 16.0 Å². The van der Waals surface area contributed by atoms with Crippen LogP contribution >= 0.6 is 11.3 Å². The average molecular weight is 442 g/mol. The molecule has 2 heterocycles. The number of benzene rings is 1. The third-order valence-electron chi connectivity index (χ3n) is 6.12. The third-order valence-corrected chi connectivity index (χ3v) is 7.01. The van der Waals surface area contributed by atoms with Crippen molar-refractivity contribution in [2.24, 2.45) is 0 Å². The zero-order valence-electron chi connectivity index (χ0n) is 17.9. The minimum atomic E-state index is -0.468. The number of rotatable bonds is 6. The minimum Gasteiger partial charge on any atom is -0.497 e. The third kappa shape index (κ3) is 4.30. The van der Waals surface area contributed by atoms with Crippen LogP contribution in [0, 0.1) is 0 Å². The molecule has 1 aromatic carbocycles. The van der Waals surface area contributed by atoms with Crippen molar-refractivity contribution in [2.75, 3.05) is 14.2 Å². The van der Waals surface area contributed by atoms with Crippen LogP contribution in [0.4, 0.5) is 0 Å². The number of likely N-dealkylation sites (N-methyl/N-ethyl adjacent to an activating group) is 1. The Bertz CT molecular complexity index is 1200. The zero-order chi connectivity index (χ0) is 22.0. The van der Waals surface area contributed by atoms with Crippen LogP contribution in [0.2, 0.25) is 0 Å². The summed E-state index contributed by atoms with van der Waals surface area (Å²) in [6.45, 7) is 0.0484. The summed E-state index contributed by atoms with van der Waals surface area (Å²) < 4.78 is 8.38. The molecule has 1 aliphatic carbocycles. The zero-order valence-corrected chi connectivity index (χ0v) is 18.7. The maximum atomic E-state index is 13.3. The molecule has 8 heteroatoms. The van der Waals surface area contributed by atoms with Crippen LogP contribution in [0.5, 0.6) is 5.75 Å². The molecule has 0 atom stereocenters. The number of carbonyl (C=O) groups excluding carboxylic acids is 1. The molecule has 1 amide bonds. The summed E-state index contributed by atoms with van der Waals surface area (Å²) in [5.41, 5.74) is 0.505. The Hall–Kier alpha value is -2.87. The molecule has 0 spiro atoms. The van der Waals surface area contributed by atoms with Crippen molar-refractivity contribution in [3.8, 4) is 5.75 Å². The predicted octanol–water partition coefficient (Wildman–Crippen LogP) is 3.07. The first-order valence-corrected chi connectivity index (χ1v) is 11.5. The van der Waals surface area contributed by atoms with Gasteiger partial charge in [0.1, 0.15) is 17.0 Å². The molecule has 1 fully saturated rings. The lowest BCUT2D eigenvalue weighted by atomic mass is 9.94. The Morgan fingerprint density at radius 2 is 1.94 bits per heavy atom. The van der Waals surface area contributed by atoms with E-state index in [4.69, 9.17) is 4.74 Å². The molecule has 7 nitrogen and oxygen atoms in total. The van der Waals surface area contributed by atoms with Crippen LogP contribution in [0.15, 0.2) is 45.3 Å². The van der Waals surface area contributed by atoms with Crippen LogP contribution in [-0.4, -0.2) is 40.1 Å². The van der Waals surface area contributed by atoms with Crippen molar-refractivity contribution in [1.82, 2.24) is 14.0 Å². The summed E-state index contributed by atoms with van der Waals surface area (Å²) >= 11 is 1.29. The molecule has 3 aromatic rings. The summed E-state index contributed by atoms with van der Waals surface area (Å²) in [5, 5.41) is 1.78. The Kier molecular flexibility index (Phi) is 6.27. The number of methoxy groups -OCH3 is 1. The van der Waals surface area contributed by atoms with Crippen LogP contribution in [0.25, 0.3) is 10.2 Å². The van der Waals surface area contributed by atoms with Gasteiger partial charge in [-0.2, -0.15) is 0 Å². The first-order chi connectivity index (χ1) is 15.0. The fraction of sp³-hybridized carbons (Fsp3) is 0.435. The summed E-state index contributed by atoms with van der Waals surface area (Å²) in [4.78, 5) is 41.2. The molecule has 4 rings (SSSR count). The van der Waals surface area contributed by atoms with Crippen molar-refractivity contribution in [3.05, 3.63) is 62.1 Å². The van der Waals surface area contributed by atoms with E-state index in [2.05, 4.69) is 0 Å². The Balaban J connectivity index is 1.70. The lowest BCUT2D eigenvalue weighted by molar-refractivity contribution is -0.133. The summed E-state index contributed by atoms with van der Waals surface area (Å²) in [5.74, 6) is 0.556. The number of thiophene rings is 1. The quantitative estimate of drug-likeness (QED) is 0.589. The lowest BCUT2D eigenvalue weighted by Crippen LogP contribution is -2.45. The van der Waals surface area contributed by atoms with E-state index >= 15 is 0 Å². The molecule has 0 unspecified atom stereocenters. The molecule has 0 bridgehead atoms. The second kappa shape index (κ2) is 9.09. The smallest absolute Gasteiger partial charge is 0.332 e. The highest BCUT2D eigenvalue weighted by atomic mass is 32.1. The van der Waals surface area contributed by atoms with Gasteiger partial charge >= 0.3 is 5.69 Å². The van der Waals surface area contributed by atoms with Gasteiger partial charge in [-0.05, 0) is 42.0 Å². The normalized spacial score (nSPS) is 14.6. The van der Waals surface area contributed by atoms with E-state index < -0.39 is 5.69 Å². The fourth-order valence-corrected chi connectivity index (χ4v) is 5.14. The maximum absolute atomic E-state index is 13.3. The number of hydrogen-bond acceptors (Lipinski definition) is 5. The molecule has 0 aliphatic heterocycles. The summed E-state index contributed by atoms with van der Waals surface area (Å²) in [6, 6.07) is 9.25. The number of ether oxygens (including phenoxy) is 1. The van der Waals surface area contributed by atoms with E-state index in [1.165, 1.54) is 26.9 Å². The Morgan fingerprint density at radius 3 is 2.68 bits per heavy atom. The lowest BCUT2D eigenvalue weighted by Gasteiger charge is -2.31. The molecule has 31 heavy (non-hydrogen) atoms. The van der Waals surface area contributed by atoms with Crippen LogP contribution in [0.1, 0.15) is 37.7 Å². The van der Waals surface area contributed by atoms with E-state index in [1.807, 2.05) is 25.2 Å². The highest BCUT2D eigenvalue weighted by Gasteiger charge is 2.24. The molecule has 0 radical (unpaired) electrons. The van der Waals surface area contributed by atoms with E-state index in [-0.39, 0.29) is 30.6 Å². The van der Waals surface area contributed by atoms with Crippen molar-refractivity contribution >= 4 is 27.5 Å². The first kappa shape index (κ1) is 21.4. The first-order valence-electron chi connectivity index (χ1n) is 10.6.